The van der Waals surface area contributed by atoms with Crippen molar-refractivity contribution in [3.63, 3.8) is 0 Å². The second kappa shape index (κ2) is 6.93. The molecule has 0 aliphatic heterocycles. The van der Waals surface area contributed by atoms with Gasteiger partial charge in [0.2, 0.25) is 0 Å². The van der Waals surface area contributed by atoms with Gasteiger partial charge in [0.1, 0.15) is 11.8 Å². The van der Waals surface area contributed by atoms with Gasteiger partial charge in [-0.1, -0.05) is 13.0 Å². The molecule has 1 heterocycles. The largest absolute Gasteiger partial charge is 0.375 e. The van der Waals surface area contributed by atoms with Gasteiger partial charge < -0.3 is 10.1 Å². The fourth-order valence-corrected chi connectivity index (χ4v) is 1.16. The van der Waals surface area contributed by atoms with E-state index in [2.05, 4.69) is 17.2 Å². The van der Waals surface area contributed by atoms with Crippen LogP contribution in [0.3, 0.4) is 0 Å². The monoisotopic (exact) mass is 205 g/mol. The third kappa shape index (κ3) is 4.07. The number of nitrogens with zero attached hydrogens (tertiary/aromatic N) is 2. The number of nitriles is 1. The van der Waals surface area contributed by atoms with E-state index < -0.39 is 0 Å². The first kappa shape index (κ1) is 11.6. The highest BCUT2D eigenvalue weighted by atomic mass is 16.5. The van der Waals surface area contributed by atoms with E-state index in [-0.39, 0.29) is 0 Å². The maximum atomic E-state index is 8.78. The first-order valence-corrected chi connectivity index (χ1v) is 5.01. The Morgan fingerprint density at radius 2 is 2.47 bits per heavy atom. The SMILES string of the molecule is CCNCCOCc1cccnc1C#N. The van der Waals surface area contributed by atoms with Crippen LogP contribution in [0.5, 0.6) is 0 Å². The maximum Gasteiger partial charge on any atom is 0.145 e. The van der Waals surface area contributed by atoms with E-state index in [0.29, 0.717) is 18.9 Å². The predicted molar refractivity (Wildman–Crippen MR) is 57.2 cm³/mol. The smallest absolute Gasteiger partial charge is 0.145 e. The molecule has 0 saturated carbocycles. The number of hydrogen-bond acceptors (Lipinski definition) is 4. The van der Waals surface area contributed by atoms with Gasteiger partial charge in [-0.05, 0) is 12.6 Å². The molecular formula is C11H15N3O. The Hall–Kier alpha value is -1.44. The van der Waals surface area contributed by atoms with Gasteiger partial charge >= 0.3 is 0 Å². The minimum Gasteiger partial charge on any atom is -0.375 e. The molecule has 1 aromatic rings. The van der Waals surface area contributed by atoms with Crippen molar-refractivity contribution in [3.05, 3.63) is 29.6 Å². The zero-order valence-electron chi connectivity index (χ0n) is 8.86. The molecule has 1 aromatic heterocycles. The van der Waals surface area contributed by atoms with Crippen LogP contribution in [0.15, 0.2) is 18.3 Å². The van der Waals surface area contributed by atoms with E-state index in [9.17, 15) is 0 Å². The van der Waals surface area contributed by atoms with E-state index in [1.54, 1.807) is 6.20 Å². The molecule has 0 atom stereocenters. The van der Waals surface area contributed by atoms with Crippen LogP contribution in [0, 0.1) is 11.3 Å². The molecule has 4 nitrogen and oxygen atoms in total. The predicted octanol–water partition coefficient (Wildman–Crippen LogP) is 1.08. The second-order valence-electron chi connectivity index (χ2n) is 3.03. The minimum absolute atomic E-state index is 0.445. The van der Waals surface area contributed by atoms with Crippen LogP contribution in [0.1, 0.15) is 18.2 Å². The van der Waals surface area contributed by atoms with E-state index in [1.807, 2.05) is 18.2 Å². The Bertz CT molecular complexity index is 333. The Kier molecular flexibility index (Phi) is 5.38. The normalized spacial score (nSPS) is 9.87. The molecule has 1 rings (SSSR count). The molecule has 0 aromatic carbocycles. The number of ether oxygens (including phenoxy) is 1. The van der Waals surface area contributed by atoms with Crippen molar-refractivity contribution in [2.45, 2.75) is 13.5 Å². The average molecular weight is 205 g/mol. The summed E-state index contributed by atoms with van der Waals surface area (Å²) in [6, 6.07) is 5.71. The first-order valence-electron chi connectivity index (χ1n) is 5.01. The molecule has 0 radical (unpaired) electrons. The van der Waals surface area contributed by atoms with Crippen molar-refractivity contribution in [1.82, 2.24) is 10.3 Å². The summed E-state index contributed by atoms with van der Waals surface area (Å²) in [4.78, 5) is 3.96. The van der Waals surface area contributed by atoms with Gasteiger partial charge in [-0.15, -0.1) is 0 Å². The quantitative estimate of drug-likeness (QED) is 0.706. The number of nitrogens with one attached hydrogen (secondary N) is 1. The summed E-state index contributed by atoms with van der Waals surface area (Å²) in [5.74, 6) is 0. The van der Waals surface area contributed by atoms with Crippen molar-refractivity contribution in [2.75, 3.05) is 19.7 Å². The summed E-state index contributed by atoms with van der Waals surface area (Å²) in [5, 5.41) is 11.9. The molecule has 0 aliphatic carbocycles. The Labute approximate surface area is 89.9 Å². The van der Waals surface area contributed by atoms with E-state index in [1.165, 1.54) is 0 Å². The molecule has 15 heavy (non-hydrogen) atoms. The van der Waals surface area contributed by atoms with Gasteiger partial charge in [-0.2, -0.15) is 5.26 Å². The van der Waals surface area contributed by atoms with Crippen LogP contribution in [0.4, 0.5) is 0 Å². The van der Waals surface area contributed by atoms with E-state index >= 15 is 0 Å². The average Bonchev–Trinajstić information content (AvgIpc) is 2.29. The molecule has 4 heteroatoms. The lowest BCUT2D eigenvalue weighted by Crippen LogP contribution is -2.18. The lowest BCUT2D eigenvalue weighted by atomic mass is 10.2. The molecule has 0 spiro atoms. The minimum atomic E-state index is 0.445. The van der Waals surface area contributed by atoms with Crippen molar-refractivity contribution >= 4 is 0 Å². The van der Waals surface area contributed by atoms with Crippen molar-refractivity contribution in [3.8, 4) is 6.07 Å². The van der Waals surface area contributed by atoms with Crippen LogP contribution < -0.4 is 5.32 Å². The summed E-state index contributed by atoms with van der Waals surface area (Å²) < 4.78 is 5.41. The van der Waals surface area contributed by atoms with Crippen LogP contribution >= 0.6 is 0 Å². The zero-order valence-corrected chi connectivity index (χ0v) is 8.86. The highest BCUT2D eigenvalue weighted by Gasteiger charge is 2.01. The zero-order chi connectivity index (χ0) is 10.9. The van der Waals surface area contributed by atoms with Crippen LogP contribution in [0.25, 0.3) is 0 Å². The lowest BCUT2D eigenvalue weighted by Gasteiger charge is -2.05. The fourth-order valence-electron chi connectivity index (χ4n) is 1.16. The molecule has 0 aliphatic rings. The summed E-state index contributed by atoms with van der Waals surface area (Å²) in [7, 11) is 0. The highest BCUT2D eigenvalue weighted by molar-refractivity contribution is 5.29. The molecule has 0 bridgehead atoms. The van der Waals surface area contributed by atoms with Gasteiger partial charge in [0.25, 0.3) is 0 Å². The van der Waals surface area contributed by atoms with Crippen LogP contribution in [-0.2, 0) is 11.3 Å². The number of pyridine rings is 1. The van der Waals surface area contributed by atoms with Crippen molar-refractivity contribution in [2.24, 2.45) is 0 Å². The van der Waals surface area contributed by atoms with E-state index in [4.69, 9.17) is 10.00 Å². The molecule has 0 saturated heterocycles. The highest BCUT2D eigenvalue weighted by Crippen LogP contribution is 2.04. The lowest BCUT2D eigenvalue weighted by molar-refractivity contribution is 0.122. The third-order valence-electron chi connectivity index (χ3n) is 1.93. The van der Waals surface area contributed by atoms with Gasteiger partial charge in [-0.3, -0.25) is 0 Å². The maximum absolute atomic E-state index is 8.78. The van der Waals surface area contributed by atoms with Crippen molar-refractivity contribution in [1.29, 1.82) is 5.26 Å². The van der Waals surface area contributed by atoms with E-state index in [0.717, 1.165) is 18.7 Å². The summed E-state index contributed by atoms with van der Waals surface area (Å²) in [6.07, 6.45) is 1.61. The number of aromatic nitrogens is 1. The van der Waals surface area contributed by atoms with Crippen molar-refractivity contribution < 1.29 is 4.74 Å². The van der Waals surface area contributed by atoms with Crippen LogP contribution in [-0.4, -0.2) is 24.7 Å². The molecule has 80 valence electrons. The second-order valence-corrected chi connectivity index (χ2v) is 3.03. The molecule has 0 amide bonds. The third-order valence-corrected chi connectivity index (χ3v) is 1.93. The Balaban J connectivity index is 2.34. The Morgan fingerprint density at radius 3 is 3.20 bits per heavy atom. The number of likely N-dealkylation sites (N-methyl/N-ethyl adjacent to an activating group) is 1. The summed E-state index contributed by atoms with van der Waals surface area (Å²) >= 11 is 0. The topological polar surface area (TPSA) is 57.9 Å². The summed E-state index contributed by atoms with van der Waals surface area (Å²) in [5.41, 5.74) is 1.29. The summed E-state index contributed by atoms with van der Waals surface area (Å²) in [6.45, 7) is 4.92. The molecule has 0 fully saturated rings. The van der Waals surface area contributed by atoms with Gasteiger partial charge in [0.05, 0.1) is 13.2 Å². The number of hydrogen-bond donors (Lipinski definition) is 1. The van der Waals surface area contributed by atoms with Gasteiger partial charge in [0.15, 0.2) is 0 Å². The standard InChI is InChI=1S/C11H15N3O/c1-2-13-6-7-15-9-10-4-3-5-14-11(10)8-12/h3-5,13H,2,6-7,9H2,1H3. The molecule has 0 unspecified atom stereocenters. The van der Waals surface area contributed by atoms with Gasteiger partial charge in [0, 0.05) is 18.3 Å². The Morgan fingerprint density at radius 1 is 1.60 bits per heavy atom. The molecular weight excluding hydrogens is 190 g/mol. The van der Waals surface area contributed by atoms with Gasteiger partial charge in [-0.25, -0.2) is 4.98 Å². The fraction of sp³-hybridized carbons (Fsp3) is 0.455. The first-order chi connectivity index (χ1) is 7.38. The van der Waals surface area contributed by atoms with Crippen LogP contribution in [0.2, 0.25) is 0 Å². The molecule has 1 N–H and O–H groups in total. The number of rotatable bonds is 6.